The highest BCUT2D eigenvalue weighted by Crippen LogP contribution is 2.67. The zero-order chi connectivity index (χ0) is 29.7. The molecule has 5 aliphatic rings. The van der Waals surface area contributed by atoms with Crippen molar-refractivity contribution in [2.45, 2.75) is 129 Å². The first-order valence-corrected chi connectivity index (χ1v) is 16.4. The van der Waals surface area contributed by atoms with E-state index < -0.39 is 37.3 Å². The molecule has 0 aromatic rings. The van der Waals surface area contributed by atoms with Crippen molar-refractivity contribution in [2.75, 3.05) is 6.61 Å². The summed E-state index contributed by atoms with van der Waals surface area (Å²) in [5, 5.41) is 40.4. The van der Waals surface area contributed by atoms with Crippen molar-refractivity contribution >= 4 is 0 Å². The minimum absolute atomic E-state index is 0.0760. The Balaban J connectivity index is 1.26. The molecule has 14 atom stereocenters. The van der Waals surface area contributed by atoms with E-state index in [4.69, 9.17) is 9.47 Å². The zero-order valence-electron chi connectivity index (χ0n) is 26.0. The maximum absolute atomic E-state index is 10.5. The van der Waals surface area contributed by atoms with Crippen LogP contribution in [0.5, 0.6) is 0 Å². The van der Waals surface area contributed by atoms with E-state index in [0.717, 1.165) is 38.0 Å². The van der Waals surface area contributed by atoms with E-state index in [1.165, 1.54) is 31.3 Å². The molecule has 0 aromatic carbocycles. The van der Waals surface area contributed by atoms with Gasteiger partial charge in [0.05, 0.1) is 12.7 Å². The number of aliphatic hydroxyl groups excluding tert-OH is 4. The van der Waals surface area contributed by atoms with Crippen LogP contribution in [-0.4, -0.2) is 63.8 Å². The maximum Gasteiger partial charge on any atom is 0.186 e. The third-order valence-electron chi connectivity index (χ3n) is 12.6. The van der Waals surface area contributed by atoms with E-state index >= 15 is 0 Å². The van der Waals surface area contributed by atoms with Gasteiger partial charge in [0.2, 0.25) is 0 Å². The van der Waals surface area contributed by atoms with Crippen molar-refractivity contribution in [1.82, 2.24) is 0 Å². The van der Waals surface area contributed by atoms with Gasteiger partial charge in [-0.1, -0.05) is 63.6 Å². The molecular formula is C35H56O6. The van der Waals surface area contributed by atoms with Crippen molar-refractivity contribution < 1.29 is 29.9 Å². The second kappa shape index (κ2) is 12.2. The smallest absolute Gasteiger partial charge is 0.186 e. The second-order valence-electron chi connectivity index (χ2n) is 14.8. The second-order valence-corrected chi connectivity index (χ2v) is 14.8. The standard InChI is InChI=1S/C35H56O6/c1-7-22(20(2)3)9-8-21(4)26-12-13-27-25-11-10-23-18-24(14-16-34(23,5)28(25)15-17-35(26,27)6)40-33-32(39)31(38)30(37)29(19-36)41-33/h8-9,11,21-24,26-33,36-39H,2,7,10,12-19H2,1,3-6H3/b9-8+/t21-,22-,23+,24+,26-,27+,28+,29-,30-,31+,32-,33-,34+,35-/m1/s1. The van der Waals surface area contributed by atoms with Crippen LogP contribution >= 0.6 is 0 Å². The molecule has 1 aliphatic heterocycles. The monoisotopic (exact) mass is 572 g/mol. The molecule has 0 radical (unpaired) electrons. The number of allylic oxidation sites excluding steroid dienone is 5. The molecule has 6 heteroatoms. The number of aliphatic hydroxyl groups is 4. The van der Waals surface area contributed by atoms with Gasteiger partial charge in [0.25, 0.3) is 0 Å². The number of hydrogen-bond acceptors (Lipinski definition) is 6. The first-order valence-electron chi connectivity index (χ1n) is 16.4. The van der Waals surface area contributed by atoms with Crippen LogP contribution in [0.2, 0.25) is 0 Å². The van der Waals surface area contributed by atoms with E-state index in [-0.39, 0.29) is 11.5 Å². The van der Waals surface area contributed by atoms with E-state index in [9.17, 15) is 20.4 Å². The van der Waals surface area contributed by atoms with Crippen molar-refractivity contribution in [2.24, 2.45) is 46.3 Å². The normalized spacial score (nSPS) is 47.7. The Kier molecular flexibility index (Phi) is 9.32. The van der Waals surface area contributed by atoms with Gasteiger partial charge in [0.15, 0.2) is 6.29 Å². The minimum Gasteiger partial charge on any atom is -0.394 e. The summed E-state index contributed by atoms with van der Waals surface area (Å²) in [4.78, 5) is 0. The summed E-state index contributed by atoms with van der Waals surface area (Å²) in [6, 6.07) is 0. The molecule has 0 bridgehead atoms. The number of rotatable bonds is 8. The molecule has 5 rings (SSSR count). The van der Waals surface area contributed by atoms with Gasteiger partial charge in [0, 0.05) is 0 Å². The molecular weight excluding hydrogens is 516 g/mol. The fourth-order valence-corrected chi connectivity index (χ4v) is 9.96. The maximum atomic E-state index is 10.5. The molecule has 232 valence electrons. The largest absolute Gasteiger partial charge is 0.394 e. The van der Waals surface area contributed by atoms with Crippen molar-refractivity contribution in [1.29, 1.82) is 0 Å². The lowest BCUT2D eigenvalue weighted by atomic mass is 9.47. The highest BCUT2D eigenvalue weighted by molar-refractivity contribution is 5.28. The molecule has 0 unspecified atom stereocenters. The van der Waals surface area contributed by atoms with E-state index in [1.54, 1.807) is 5.57 Å². The van der Waals surface area contributed by atoms with Gasteiger partial charge in [-0.25, -0.2) is 0 Å². The van der Waals surface area contributed by atoms with Gasteiger partial charge in [-0.2, -0.15) is 0 Å². The van der Waals surface area contributed by atoms with Crippen LogP contribution in [0.25, 0.3) is 0 Å². The topological polar surface area (TPSA) is 99.4 Å². The summed E-state index contributed by atoms with van der Waals surface area (Å²) in [6.45, 7) is 15.7. The van der Waals surface area contributed by atoms with Crippen LogP contribution in [0, 0.1) is 46.3 Å². The summed E-state index contributed by atoms with van der Waals surface area (Å²) in [6.07, 6.45) is 11.6. The fraction of sp³-hybridized carbons (Fsp3) is 0.829. The molecule has 0 spiro atoms. The van der Waals surface area contributed by atoms with Gasteiger partial charge in [-0.15, -0.1) is 0 Å². The molecule has 4 aliphatic carbocycles. The highest BCUT2D eigenvalue weighted by atomic mass is 16.7. The van der Waals surface area contributed by atoms with Gasteiger partial charge < -0.3 is 29.9 Å². The molecule has 1 saturated heterocycles. The van der Waals surface area contributed by atoms with E-state index in [1.807, 2.05) is 0 Å². The quantitative estimate of drug-likeness (QED) is 0.285. The molecule has 6 nitrogen and oxygen atoms in total. The Morgan fingerprint density at radius 2 is 1.76 bits per heavy atom. The number of hydrogen-bond donors (Lipinski definition) is 4. The summed E-state index contributed by atoms with van der Waals surface area (Å²) in [5.74, 6) is 3.61. The predicted octanol–water partition coefficient (Wildman–Crippen LogP) is 5.55. The zero-order valence-corrected chi connectivity index (χ0v) is 26.0. The first kappa shape index (κ1) is 31.4. The summed E-state index contributed by atoms with van der Waals surface area (Å²) in [7, 11) is 0. The molecule has 0 aromatic heterocycles. The average Bonchev–Trinajstić information content (AvgIpc) is 3.30. The summed E-state index contributed by atoms with van der Waals surface area (Å²) in [5.41, 5.74) is 3.62. The molecule has 3 saturated carbocycles. The van der Waals surface area contributed by atoms with Crippen LogP contribution in [-0.2, 0) is 9.47 Å². The van der Waals surface area contributed by atoms with Gasteiger partial charge in [0.1, 0.15) is 24.4 Å². The Morgan fingerprint density at radius 1 is 1.05 bits per heavy atom. The minimum atomic E-state index is -1.40. The summed E-state index contributed by atoms with van der Waals surface area (Å²) < 4.78 is 11.9. The molecule has 4 fully saturated rings. The molecule has 4 N–H and O–H groups in total. The average molecular weight is 573 g/mol. The summed E-state index contributed by atoms with van der Waals surface area (Å²) >= 11 is 0. The van der Waals surface area contributed by atoms with Gasteiger partial charge in [-0.3, -0.25) is 0 Å². The molecule has 41 heavy (non-hydrogen) atoms. The lowest BCUT2D eigenvalue weighted by Gasteiger charge is -2.58. The Morgan fingerprint density at radius 3 is 2.44 bits per heavy atom. The van der Waals surface area contributed by atoms with E-state index in [0.29, 0.717) is 35.0 Å². The number of fused-ring (bicyclic) bond motifs is 5. The first-order chi connectivity index (χ1) is 19.4. The number of ether oxygens (including phenoxy) is 2. The fourth-order valence-electron chi connectivity index (χ4n) is 9.96. The van der Waals surface area contributed by atoms with Crippen molar-refractivity contribution in [3.8, 4) is 0 Å². The van der Waals surface area contributed by atoms with Gasteiger partial charge in [-0.05, 0) is 111 Å². The van der Waals surface area contributed by atoms with Gasteiger partial charge >= 0.3 is 0 Å². The lowest BCUT2D eigenvalue weighted by Crippen LogP contribution is -2.60. The van der Waals surface area contributed by atoms with Crippen molar-refractivity contribution in [3.63, 3.8) is 0 Å². The van der Waals surface area contributed by atoms with Crippen LogP contribution in [0.3, 0.4) is 0 Å². The van der Waals surface area contributed by atoms with Crippen LogP contribution in [0.4, 0.5) is 0 Å². The Labute approximate surface area is 247 Å². The van der Waals surface area contributed by atoms with Crippen LogP contribution in [0.1, 0.15) is 92.4 Å². The molecule has 0 amide bonds. The van der Waals surface area contributed by atoms with Crippen LogP contribution < -0.4 is 0 Å². The third kappa shape index (κ3) is 5.55. The lowest BCUT2D eigenvalue weighted by molar-refractivity contribution is -0.315. The van der Waals surface area contributed by atoms with Crippen molar-refractivity contribution in [3.05, 3.63) is 36.0 Å². The molecule has 1 heterocycles. The predicted molar refractivity (Wildman–Crippen MR) is 161 cm³/mol. The Bertz CT molecular complexity index is 1000. The van der Waals surface area contributed by atoms with E-state index in [2.05, 4.69) is 59.4 Å². The SMILES string of the molecule is C=C(C)[C@@H](/C=C/[C@@H](C)[C@H]1CC[C@H]2C3=CC[C@H]4C[C@@H](O[C@@H]5O[C@H](CO)[C@@H](O)[C@H](O)[C@H]5O)CC[C@]4(C)[C@H]3CC[C@]12C)CC. The Hall–Kier alpha value is -1.02. The highest BCUT2D eigenvalue weighted by Gasteiger charge is 2.58. The third-order valence-corrected chi connectivity index (χ3v) is 12.6. The van der Waals surface area contributed by atoms with Crippen LogP contribution in [0.15, 0.2) is 36.0 Å².